The van der Waals surface area contributed by atoms with Crippen molar-refractivity contribution in [2.45, 2.75) is 19.9 Å². The Balaban J connectivity index is 1.50. The first-order chi connectivity index (χ1) is 12.9. The third kappa shape index (κ3) is 3.46. The lowest BCUT2D eigenvalue weighted by atomic mass is 10.2. The molecule has 0 radical (unpaired) electrons. The van der Waals surface area contributed by atoms with Crippen LogP contribution in [0.25, 0.3) is 22.1 Å². The van der Waals surface area contributed by atoms with Gasteiger partial charge >= 0.3 is 5.76 Å². The van der Waals surface area contributed by atoms with Gasteiger partial charge in [-0.1, -0.05) is 23.2 Å². The van der Waals surface area contributed by atoms with Gasteiger partial charge in [0.2, 0.25) is 5.91 Å². The van der Waals surface area contributed by atoms with Crippen molar-refractivity contribution >= 4 is 56.9 Å². The number of oxazole rings is 1. The number of furan rings is 1. The Morgan fingerprint density at radius 1 is 1.15 bits per heavy atom. The van der Waals surface area contributed by atoms with Gasteiger partial charge in [0.15, 0.2) is 11.2 Å². The lowest BCUT2D eigenvalue weighted by Gasteiger charge is -2.07. The monoisotopic (exact) mass is 404 g/mol. The van der Waals surface area contributed by atoms with Crippen LogP contribution >= 0.6 is 23.2 Å². The maximum absolute atomic E-state index is 12.3. The largest absolute Gasteiger partial charge is 0.460 e. The molecule has 27 heavy (non-hydrogen) atoms. The average molecular weight is 405 g/mol. The molecule has 0 unspecified atom stereocenters. The van der Waals surface area contributed by atoms with Crippen LogP contribution in [-0.4, -0.2) is 10.5 Å². The summed E-state index contributed by atoms with van der Waals surface area (Å²) in [5.74, 6) is -0.0408. The molecule has 0 atom stereocenters. The van der Waals surface area contributed by atoms with Crippen LogP contribution in [-0.2, 0) is 11.3 Å². The highest BCUT2D eigenvalue weighted by Gasteiger charge is 2.13. The quantitative estimate of drug-likeness (QED) is 0.519. The molecular formula is C19H14Cl2N2O4. The first kappa shape index (κ1) is 17.7. The summed E-state index contributed by atoms with van der Waals surface area (Å²) in [6, 6.07) is 10.2. The SMILES string of the molecule is Cc1cc2cc(NC(=O)CCn3c(=O)oc4cc(Cl)ccc43)cc(Cl)c2o1. The highest BCUT2D eigenvalue weighted by Crippen LogP contribution is 2.30. The van der Waals surface area contributed by atoms with Crippen molar-refractivity contribution in [3.63, 3.8) is 0 Å². The van der Waals surface area contributed by atoms with Gasteiger partial charge < -0.3 is 14.2 Å². The van der Waals surface area contributed by atoms with Gasteiger partial charge in [0, 0.05) is 35.1 Å². The molecule has 8 heteroatoms. The third-order valence-corrected chi connectivity index (χ3v) is 4.69. The number of anilines is 1. The van der Waals surface area contributed by atoms with E-state index in [-0.39, 0.29) is 18.9 Å². The van der Waals surface area contributed by atoms with Gasteiger partial charge in [-0.2, -0.15) is 0 Å². The molecule has 0 fully saturated rings. The van der Waals surface area contributed by atoms with E-state index in [1.165, 1.54) is 4.57 Å². The standard InChI is InChI=1S/C19H14Cl2N2O4/c1-10-6-11-7-13(9-14(21)18(11)26-10)22-17(24)4-5-23-15-3-2-12(20)8-16(15)27-19(23)25/h2-3,6-9H,4-5H2,1H3,(H,22,24). The van der Waals surface area contributed by atoms with E-state index in [0.29, 0.717) is 32.4 Å². The van der Waals surface area contributed by atoms with Crippen molar-refractivity contribution in [3.8, 4) is 0 Å². The van der Waals surface area contributed by atoms with Gasteiger partial charge in [0.05, 0.1) is 10.5 Å². The van der Waals surface area contributed by atoms with Crippen LogP contribution in [0.2, 0.25) is 10.0 Å². The fraction of sp³-hybridized carbons (Fsp3) is 0.158. The minimum Gasteiger partial charge on any atom is -0.460 e. The van der Waals surface area contributed by atoms with E-state index < -0.39 is 5.76 Å². The average Bonchev–Trinajstić information content (AvgIpc) is 3.11. The van der Waals surface area contributed by atoms with Crippen molar-refractivity contribution in [2.75, 3.05) is 5.32 Å². The van der Waals surface area contributed by atoms with E-state index in [1.54, 1.807) is 30.3 Å². The second-order valence-electron chi connectivity index (χ2n) is 6.16. The molecule has 0 aliphatic heterocycles. The van der Waals surface area contributed by atoms with Crippen molar-refractivity contribution in [1.82, 2.24) is 4.57 Å². The van der Waals surface area contributed by atoms with E-state index in [9.17, 15) is 9.59 Å². The maximum atomic E-state index is 12.3. The second kappa shape index (κ2) is 6.79. The zero-order valence-electron chi connectivity index (χ0n) is 14.2. The summed E-state index contributed by atoms with van der Waals surface area (Å²) in [6.07, 6.45) is 0.0945. The van der Waals surface area contributed by atoms with Gasteiger partial charge in [-0.15, -0.1) is 0 Å². The zero-order chi connectivity index (χ0) is 19.1. The lowest BCUT2D eigenvalue weighted by Crippen LogP contribution is -2.19. The number of halogens is 2. The maximum Gasteiger partial charge on any atom is 0.419 e. The summed E-state index contributed by atoms with van der Waals surface area (Å²) in [5, 5.41) is 4.50. The second-order valence-corrected chi connectivity index (χ2v) is 7.01. The minimum absolute atomic E-state index is 0.0945. The van der Waals surface area contributed by atoms with Crippen molar-refractivity contribution in [1.29, 1.82) is 0 Å². The Morgan fingerprint density at radius 2 is 1.96 bits per heavy atom. The molecule has 0 aliphatic carbocycles. The zero-order valence-corrected chi connectivity index (χ0v) is 15.7. The predicted molar refractivity (Wildman–Crippen MR) is 105 cm³/mol. The number of nitrogens with one attached hydrogen (secondary N) is 1. The molecule has 2 heterocycles. The number of carbonyl (C=O) groups excluding carboxylic acids is 1. The van der Waals surface area contributed by atoms with Crippen LogP contribution < -0.4 is 11.1 Å². The third-order valence-electron chi connectivity index (χ3n) is 4.17. The highest BCUT2D eigenvalue weighted by atomic mass is 35.5. The Morgan fingerprint density at radius 3 is 2.78 bits per heavy atom. The Hall–Kier alpha value is -2.70. The number of amides is 1. The Labute approximate surface area is 163 Å². The van der Waals surface area contributed by atoms with Crippen molar-refractivity contribution in [3.05, 3.63) is 62.8 Å². The fourth-order valence-electron chi connectivity index (χ4n) is 3.00. The number of hydrogen-bond acceptors (Lipinski definition) is 4. The summed E-state index contributed by atoms with van der Waals surface area (Å²) in [6.45, 7) is 2.01. The summed E-state index contributed by atoms with van der Waals surface area (Å²) >= 11 is 12.1. The molecule has 138 valence electrons. The smallest absolute Gasteiger partial charge is 0.419 e. The summed E-state index contributed by atoms with van der Waals surface area (Å²) in [5.41, 5.74) is 2.13. The number of benzene rings is 2. The van der Waals surface area contributed by atoms with Crippen LogP contribution in [0.4, 0.5) is 5.69 Å². The summed E-state index contributed by atoms with van der Waals surface area (Å²) < 4.78 is 12.1. The normalized spacial score (nSPS) is 11.4. The number of fused-ring (bicyclic) bond motifs is 2. The highest BCUT2D eigenvalue weighted by molar-refractivity contribution is 6.35. The van der Waals surface area contributed by atoms with Gasteiger partial charge in [0.1, 0.15) is 5.76 Å². The van der Waals surface area contributed by atoms with E-state index >= 15 is 0 Å². The van der Waals surface area contributed by atoms with E-state index in [4.69, 9.17) is 32.0 Å². The molecular weight excluding hydrogens is 391 g/mol. The molecule has 0 spiro atoms. The number of carbonyl (C=O) groups is 1. The Bertz CT molecular complexity index is 1240. The topological polar surface area (TPSA) is 77.4 Å². The molecule has 0 aliphatic rings. The molecule has 4 rings (SSSR count). The van der Waals surface area contributed by atoms with Crippen LogP contribution in [0.15, 0.2) is 50.0 Å². The van der Waals surface area contributed by atoms with Gasteiger partial charge in [-0.05, 0) is 37.3 Å². The molecule has 6 nitrogen and oxygen atoms in total. The molecule has 0 saturated carbocycles. The summed E-state index contributed by atoms with van der Waals surface area (Å²) in [4.78, 5) is 24.3. The van der Waals surface area contributed by atoms with Gasteiger partial charge in [-0.3, -0.25) is 9.36 Å². The van der Waals surface area contributed by atoms with Crippen LogP contribution in [0, 0.1) is 6.92 Å². The van der Waals surface area contributed by atoms with Gasteiger partial charge in [0.25, 0.3) is 0 Å². The minimum atomic E-state index is -0.529. The van der Waals surface area contributed by atoms with Gasteiger partial charge in [-0.25, -0.2) is 4.79 Å². The lowest BCUT2D eigenvalue weighted by molar-refractivity contribution is -0.116. The first-order valence-electron chi connectivity index (χ1n) is 8.19. The number of aryl methyl sites for hydroxylation is 2. The van der Waals surface area contributed by atoms with Crippen molar-refractivity contribution in [2.24, 2.45) is 0 Å². The van der Waals surface area contributed by atoms with Crippen LogP contribution in [0.3, 0.4) is 0 Å². The molecule has 1 amide bonds. The molecule has 4 aromatic rings. The molecule has 1 N–H and O–H groups in total. The van der Waals surface area contributed by atoms with Crippen molar-refractivity contribution < 1.29 is 13.6 Å². The van der Waals surface area contributed by atoms with E-state index in [0.717, 1.165) is 11.1 Å². The van der Waals surface area contributed by atoms with E-state index in [2.05, 4.69) is 5.32 Å². The molecule has 2 aromatic heterocycles. The number of nitrogens with zero attached hydrogens (tertiary/aromatic N) is 1. The predicted octanol–water partition coefficient (Wildman–Crippen LogP) is 4.98. The molecule has 0 saturated heterocycles. The first-order valence-corrected chi connectivity index (χ1v) is 8.95. The number of hydrogen-bond donors (Lipinski definition) is 1. The fourth-order valence-corrected chi connectivity index (χ4v) is 3.43. The number of aromatic nitrogens is 1. The van der Waals surface area contributed by atoms with E-state index in [1.807, 2.05) is 13.0 Å². The molecule has 2 aromatic carbocycles. The molecule has 0 bridgehead atoms. The number of rotatable bonds is 4. The van der Waals surface area contributed by atoms with Crippen LogP contribution in [0.1, 0.15) is 12.2 Å². The Kier molecular flexibility index (Phi) is 4.45. The van der Waals surface area contributed by atoms with Crippen LogP contribution in [0.5, 0.6) is 0 Å². The summed E-state index contributed by atoms with van der Waals surface area (Å²) in [7, 11) is 0.